The lowest BCUT2D eigenvalue weighted by atomic mass is 10.2. The molecule has 3 aromatic rings. The van der Waals surface area contributed by atoms with E-state index in [0.717, 1.165) is 5.56 Å². The molecule has 0 aliphatic heterocycles. The van der Waals surface area contributed by atoms with Gasteiger partial charge in [0, 0.05) is 11.3 Å². The van der Waals surface area contributed by atoms with Crippen molar-refractivity contribution in [3.8, 4) is 23.0 Å². The summed E-state index contributed by atoms with van der Waals surface area (Å²) in [7, 11) is 1.45. The van der Waals surface area contributed by atoms with Crippen molar-refractivity contribution < 1.29 is 28.5 Å². The first kappa shape index (κ1) is 28.3. The van der Waals surface area contributed by atoms with Gasteiger partial charge in [0.15, 0.2) is 29.6 Å². The zero-order valence-electron chi connectivity index (χ0n) is 21.7. The molecule has 0 unspecified atom stereocenters. The quantitative estimate of drug-likeness (QED) is 0.241. The standard InChI is InChI=1S/C28H30ClN3O6/c1-5-36-23-11-10-20(15-24(23)37-6-2)28(34)32-30-16-19-13-22(29)27(25(14-19)35-4)38-17-26(33)31-21-9-7-8-18(3)12-21/h7-16H,5-6,17H2,1-4H3,(H,31,33)(H,32,34)/b30-16+. The summed E-state index contributed by atoms with van der Waals surface area (Å²) in [5.74, 6) is 0.789. The van der Waals surface area contributed by atoms with Gasteiger partial charge in [0.2, 0.25) is 0 Å². The lowest BCUT2D eigenvalue weighted by Crippen LogP contribution is -2.20. The highest BCUT2D eigenvalue weighted by Crippen LogP contribution is 2.36. The first-order valence-electron chi connectivity index (χ1n) is 11.9. The summed E-state index contributed by atoms with van der Waals surface area (Å²) in [6.07, 6.45) is 1.42. The van der Waals surface area contributed by atoms with Crippen LogP contribution in [-0.2, 0) is 4.79 Å². The van der Waals surface area contributed by atoms with Crippen molar-refractivity contribution >= 4 is 35.3 Å². The van der Waals surface area contributed by atoms with Crippen LogP contribution in [0.25, 0.3) is 0 Å². The van der Waals surface area contributed by atoms with E-state index in [1.54, 1.807) is 36.4 Å². The monoisotopic (exact) mass is 539 g/mol. The molecule has 10 heteroatoms. The van der Waals surface area contributed by atoms with Gasteiger partial charge in [-0.1, -0.05) is 23.7 Å². The van der Waals surface area contributed by atoms with Crippen LogP contribution in [0.15, 0.2) is 59.7 Å². The largest absolute Gasteiger partial charge is 0.493 e. The highest BCUT2D eigenvalue weighted by molar-refractivity contribution is 6.32. The van der Waals surface area contributed by atoms with E-state index in [0.29, 0.717) is 47.3 Å². The zero-order valence-corrected chi connectivity index (χ0v) is 22.4. The average Bonchev–Trinajstić information content (AvgIpc) is 2.89. The van der Waals surface area contributed by atoms with Crippen LogP contribution in [0, 0.1) is 6.92 Å². The van der Waals surface area contributed by atoms with E-state index in [9.17, 15) is 9.59 Å². The minimum Gasteiger partial charge on any atom is -0.493 e. The number of hydrogen-bond acceptors (Lipinski definition) is 7. The second-order valence-electron chi connectivity index (χ2n) is 7.97. The Morgan fingerprint density at radius 2 is 1.71 bits per heavy atom. The Morgan fingerprint density at radius 3 is 2.42 bits per heavy atom. The maximum Gasteiger partial charge on any atom is 0.271 e. The normalized spacial score (nSPS) is 10.7. The first-order chi connectivity index (χ1) is 18.3. The highest BCUT2D eigenvalue weighted by atomic mass is 35.5. The van der Waals surface area contributed by atoms with Crippen molar-refractivity contribution in [2.45, 2.75) is 20.8 Å². The Hall–Kier alpha value is -4.24. The number of amides is 2. The number of carbonyl (C=O) groups is 2. The van der Waals surface area contributed by atoms with Gasteiger partial charge < -0.3 is 24.3 Å². The fraction of sp³-hybridized carbons (Fsp3) is 0.250. The highest BCUT2D eigenvalue weighted by Gasteiger charge is 2.15. The predicted octanol–water partition coefficient (Wildman–Crippen LogP) is 5.24. The number of nitrogens with one attached hydrogen (secondary N) is 2. The molecule has 200 valence electrons. The van der Waals surface area contributed by atoms with Crippen LogP contribution in [0.5, 0.6) is 23.0 Å². The summed E-state index contributed by atoms with van der Waals surface area (Å²) in [4.78, 5) is 24.9. The number of benzene rings is 3. The molecule has 38 heavy (non-hydrogen) atoms. The predicted molar refractivity (Wildman–Crippen MR) is 147 cm³/mol. The number of methoxy groups -OCH3 is 1. The van der Waals surface area contributed by atoms with E-state index in [4.69, 9.17) is 30.5 Å². The molecule has 0 fully saturated rings. The molecular formula is C28H30ClN3O6. The van der Waals surface area contributed by atoms with Crippen LogP contribution in [0.4, 0.5) is 5.69 Å². The second kappa shape index (κ2) is 13.9. The second-order valence-corrected chi connectivity index (χ2v) is 8.37. The van der Waals surface area contributed by atoms with Crippen LogP contribution < -0.4 is 29.7 Å². The molecule has 0 bridgehead atoms. The van der Waals surface area contributed by atoms with E-state index < -0.39 is 5.91 Å². The van der Waals surface area contributed by atoms with Gasteiger partial charge in [-0.05, 0) is 74.4 Å². The maximum absolute atomic E-state index is 12.6. The maximum atomic E-state index is 12.6. The van der Waals surface area contributed by atoms with E-state index in [-0.39, 0.29) is 23.3 Å². The number of ether oxygens (including phenoxy) is 4. The fourth-order valence-electron chi connectivity index (χ4n) is 3.43. The van der Waals surface area contributed by atoms with Crippen LogP contribution in [0.2, 0.25) is 5.02 Å². The van der Waals surface area contributed by atoms with Crippen LogP contribution in [-0.4, -0.2) is 45.0 Å². The molecule has 0 aliphatic carbocycles. The molecule has 3 aromatic carbocycles. The van der Waals surface area contributed by atoms with E-state index in [1.165, 1.54) is 13.3 Å². The van der Waals surface area contributed by atoms with Crippen LogP contribution in [0.3, 0.4) is 0 Å². The third kappa shape index (κ3) is 7.88. The average molecular weight is 540 g/mol. The summed E-state index contributed by atoms with van der Waals surface area (Å²) < 4.78 is 22.1. The van der Waals surface area contributed by atoms with Gasteiger partial charge in [-0.3, -0.25) is 9.59 Å². The Balaban J connectivity index is 1.64. The van der Waals surface area contributed by atoms with Gasteiger partial charge in [-0.25, -0.2) is 5.43 Å². The van der Waals surface area contributed by atoms with Crippen molar-refractivity contribution in [2.24, 2.45) is 5.10 Å². The van der Waals surface area contributed by atoms with Gasteiger partial charge in [-0.15, -0.1) is 0 Å². The number of hydrogen-bond donors (Lipinski definition) is 2. The number of halogens is 1. The third-order valence-electron chi connectivity index (χ3n) is 5.09. The Labute approximate surface area is 226 Å². The Bertz CT molecular complexity index is 1310. The molecule has 0 aliphatic rings. The van der Waals surface area contributed by atoms with Crippen molar-refractivity contribution in [2.75, 3.05) is 32.2 Å². The van der Waals surface area contributed by atoms with Gasteiger partial charge in [-0.2, -0.15) is 5.10 Å². The minimum absolute atomic E-state index is 0.215. The smallest absolute Gasteiger partial charge is 0.271 e. The number of nitrogens with zero attached hydrogens (tertiary/aromatic N) is 1. The Kier molecular flexibility index (Phi) is 10.4. The van der Waals surface area contributed by atoms with Gasteiger partial charge in [0.1, 0.15) is 0 Å². The molecule has 2 N–H and O–H groups in total. The molecule has 0 radical (unpaired) electrons. The van der Waals surface area contributed by atoms with Crippen LogP contribution in [0.1, 0.15) is 35.3 Å². The molecular weight excluding hydrogens is 510 g/mol. The number of rotatable bonds is 12. The van der Waals surface area contributed by atoms with Crippen molar-refractivity contribution in [3.05, 3.63) is 76.3 Å². The van der Waals surface area contributed by atoms with Crippen molar-refractivity contribution in [3.63, 3.8) is 0 Å². The fourth-order valence-corrected chi connectivity index (χ4v) is 3.71. The molecule has 2 amide bonds. The SMILES string of the molecule is CCOc1ccc(C(=O)N/N=C/c2cc(Cl)c(OCC(=O)Nc3cccc(C)c3)c(OC)c2)cc1OCC. The number of aryl methyl sites for hydroxylation is 1. The summed E-state index contributed by atoms with van der Waals surface area (Å²) >= 11 is 6.39. The topological polar surface area (TPSA) is 107 Å². The molecule has 9 nitrogen and oxygen atoms in total. The lowest BCUT2D eigenvalue weighted by molar-refractivity contribution is -0.118. The molecule has 0 spiro atoms. The molecule has 0 saturated carbocycles. The summed E-state index contributed by atoms with van der Waals surface area (Å²) in [5.41, 5.74) is 5.07. The summed E-state index contributed by atoms with van der Waals surface area (Å²) in [5, 5.41) is 7.00. The minimum atomic E-state index is -0.428. The van der Waals surface area contributed by atoms with E-state index in [1.807, 2.05) is 39.0 Å². The van der Waals surface area contributed by atoms with Gasteiger partial charge in [0.25, 0.3) is 11.8 Å². The zero-order chi connectivity index (χ0) is 27.5. The van der Waals surface area contributed by atoms with Crippen molar-refractivity contribution in [1.82, 2.24) is 5.43 Å². The van der Waals surface area contributed by atoms with E-state index >= 15 is 0 Å². The molecule has 0 aromatic heterocycles. The molecule has 0 atom stereocenters. The molecule has 3 rings (SSSR count). The van der Waals surface area contributed by atoms with Crippen LogP contribution >= 0.6 is 11.6 Å². The summed E-state index contributed by atoms with van der Waals surface area (Å²) in [6.45, 7) is 6.30. The van der Waals surface area contributed by atoms with Gasteiger partial charge >= 0.3 is 0 Å². The van der Waals surface area contributed by atoms with Gasteiger partial charge in [0.05, 0.1) is 31.6 Å². The number of carbonyl (C=O) groups excluding carboxylic acids is 2. The van der Waals surface area contributed by atoms with Crippen molar-refractivity contribution in [1.29, 1.82) is 0 Å². The number of hydrazone groups is 1. The lowest BCUT2D eigenvalue weighted by Gasteiger charge is -2.13. The first-order valence-corrected chi connectivity index (χ1v) is 12.3. The molecule has 0 heterocycles. The van der Waals surface area contributed by atoms with E-state index in [2.05, 4.69) is 15.8 Å². The Morgan fingerprint density at radius 1 is 0.947 bits per heavy atom. The summed E-state index contributed by atoms with van der Waals surface area (Å²) in [6, 6.07) is 15.5. The number of anilines is 1. The third-order valence-corrected chi connectivity index (χ3v) is 5.37. The molecule has 0 saturated heterocycles.